The zero-order chi connectivity index (χ0) is 15.8. The summed E-state index contributed by atoms with van der Waals surface area (Å²) in [6.07, 6.45) is 2.07. The van der Waals surface area contributed by atoms with Crippen molar-refractivity contribution in [1.82, 2.24) is 10.2 Å². The van der Waals surface area contributed by atoms with Crippen molar-refractivity contribution in [2.24, 2.45) is 11.8 Å². The second-order valence-electron chi connectivity index (χ2n) is 7.17. The van der Waals surface area contributed by atoms with Crippen LogP contribution >= 0.6 is 0 Å². The van der Waals surface area contributed by atoms with Crippen molar-refractivity contribution in [2.45, 2.75) is 65.1 Å². The maximum atomic E-state index is 12.8. The Morgan fingerprint density at radius 3 is 2.43 bits per heavy atom. The minimum Gasteiger partial charge on any atom is -0.374 e. The molecule has 1 saturated heterocycles. The first kappa shape index (κ1) is 16.3. The summed E-state index contributed by atoms with van der Waals surface area (Å²) in [5.74, 6) is 0.455. The SMILES string of the molecule is CCOC(C)(C)CN1C(=O)C(C2CC2)NC(=O)C1C(C)C. The van der Waals surface area contributed by atoms with E-state index in [4.69, 9.17) is 4.74 Å². The molecule has 0 spiro atoms. The molecule has 5 nitrogen and oxygen atoms in total. The molecule has 2 unspecified atom stereocenters. The summed E-state index contributed by atoms with van der Waals surface area (Å²) >= 11 is 0. The lowest BCUT2D eigenvalue weighted by molar-refractivity contribution is -0.156. The Morgan fingerprint density at radius 2 is 1.95 bits per heavy atom. The lowest BCUT2D eigenvalue weighted by Crippen LogP contribution is -2.67. The summed E-state index contributed by atoms with van der Waals surface area (Å²) in [7, 11) is 0. The number of nitrogens with zero attached hydrogens (tertiary/aromatic N) is 1. The van der Waals surface area contributed by atoms with Gasteiger partial charge in [-0.05, 0) is 45.4 Å². The van der Waals surface area contributed by atoms with Gasteiger partial charge in [0.15, 0.2) is 0 Å². The number of nitrogens with one attached hydrogen (secondary N) is 1. The van der Waals surface area contributed by atoms with Gasteiger partial charge in [-0.3, -0.25) is 9.59 Å². The lowest BCUT2D eigenvalue weighted by atomic mass is 9.93. The minimum atomic E-state index is -0.441. The molecular weight excluding hydrogens is 268 g/mol. The summed E-state index contributed by atoms with van der Waals surface area (Å²) in [5, 5.41) is 2.94. The van der Waals surface area contributed by atoms with Crippen LogP contribution in [0.15, 0.2) is 0 Å². The van der Waals surface area contributed by atoms with Gasteiger partial charge in [-0.1, -0.05) is 13.8 Å². The zero-order valence-electron chi connectivity index (χ0n) is 13.8. The Morgan fingerprint density at radius 1 is 1.33 bits per heavy atom. The fourth-order valence-electron chi connectivity index (χ4n) is 3.19. The predicted molar refractivity (Wildman–Crippen MR) is 80.7 cm³/mol. The quantitative estimate of drug-likeness (QED) is 0.809. The van der Waals surface area contributed by atoms with E-state index in [1.165, 1.54) is 0 Å². The molecule has 0 aromatic rings. The second kappa shape index (κ2) is 5.95. The average molecular weight is 296 g/mol. The molecule has 120 valence electrons. The molecule has 0 aromatic carbocycles. The van der Waals surface area contributed by atoms with Crippen LogP contribution in [0.25, 0.3) is 0 Å². The number of carbonyl (C=O) groups is 2. The normalized spacial score (nSPS) is 27.2. The Balaban J connectivity index is 2.21. The molecule has 1 N–H and O–H groups in total. The van der Waals surface area contributed by atoms with Crippen molar-refractivity contribution in [3.8, 4) is 0 Å². The molecule has 0 radical (unpaired) electrons. The fraction of sp³-hybridized carbons (Fsp3) is 0.875. The summed E-state index contributed by atoms with van der Waals surface area (Å²) in [4.78, 5) is 27.0. The second-order valence-corrected chi connectivity index (χ2v) is 7.17. The maximum absolute atomic E-state index is 12.8. The van der Waals surface area contributed by atoms with Crippen LogP contribution in [0.4, 0.5) is 0 Å². The molecule has 0 aromatic heterocycles. The van der Waals surface area contributed by atoms with Crippen LogP contribution in [0.5, 0.6) is 0 Å². The van der Waals surface area contributed by atoms with E-state index >= 15 is 0 Å². The van der Waals surface area contributed by atoms with Crippen molar-refractivity contribution >= 4 is 11.8 Å². The van der Waals surface area contributed by atoms with Crippen LogP contribution < -0.4 is 5.32 Å². The standard InChI is InChI=1S/C16H28N2O3/c1-6-21-16(4,5)9-18-13(10(2)3)14(19)17-12(15(18)20)11-7-8-11/h10-13H,6-9H2,1-5H3,(H,17,19). The first-order valence-electron chi connectivity index (χ1n) is 8.01. The van der Waals surface area contributed by atoms with E-state index in [1.54, 1.807) is 4.90 Å². The van der Waals surface area contributed by atoms with Gasteiger partial charge in [-0.15, -0.1) is 0 Å². The van der Waals surface area contributed by atoms with Crippen LogP contribution in [0.1, 0.15) is 47.5 Å². The van der Waals surface area contributed by atoms with Crippen LogP contribution in [0.3, 0.4) is 0 Å². The van der Waals surface area contributed by atoms with Crippen molar-refractivity contribution in [3.63, 3.8) is 0 Å². The van der Waals surface area contributed by atoms with Gasteiger partial charge in [0.05, 0.1) is 12.1 Å². The van der Waals surface area contributed by atoms with Gasteiger partial charge in [0.1, 0.15) is 12.1 Å². The smallest absolute Gasteiger partial charge is 0.246 e. The van der Waals surface area contributed by atoms with Crippen molar-refractivity contribution in [2.75, 3.05) is 13.2 Å². The van der Waals surface area contributed by atoms with Crippen molar-refractivity contribution in [1.29, 1.82) is 0 Å². The van der Waals surface area contributed by atoms with Crippen LogP contribution in [-0.4, -0.2) is 47.6 Å². The third kappa shape index (κ3) is 3.57. The highest BCUT2D eigenvalue weighted by molar-refractivity contribution is 5.97. The summed E-state index contributed by atoms with van der Waals surface area (Å²) in [5.41, 5.74) is -0.441. The first-order valence-corrected chi connectivity index (χ1v) is 8.01. The predicted octanol–water partition coefficient (Wildman–Crippen LogP) is 1.56. The van der Waals surface area contributed by atoms with Crippen molar-refractivity contribution < 1.29 is 14.3 Å². The van der Waals surface area contributed by atoms with Crippen molar-refractivity contribution in [3.05, 3.63) is 0 Å². The van der Waals surface area contributed by atoms with Gasteiger partial charge in [0.25, 0.3) is 0 Å². The van der Waals surface area contributed by atoms with E-state index in [0.717, 1.165) is 12.8 Å². The van der Waals surface area contributed by atoms with E-state index in [9.17, 15) is 9.59 Å². The van der Waals surface area contributed by atoms with Crippen LogP contribution in [0, 0.1) is 11.8 Å². The first-order chi connectivity index (χ1) is 9.76. The Hall–Kier alpha value is -1.10. The molecule has 1 saturated carbocycles. The zero-order valence-corrected chi connectivity index (χ0v) is 13.8. The molecule has 0 bridgehead atoms. The number of ether oxygens (including phenoxy) is 1. The summed E-state index contributed by atoms with van der Waals surface area (Å²) < 4.78 is 5.73. The van der Waals surface area contributed by atoms with Gasteiger partial charge in [-0.25, -0.2) is 0 Å². The van der Waals surface area contributed by atoms with E-state index in [2.05, 4.69) is 5.32 Å². The van der Waals surface area contributed by atoms with Gasteiger partial charge < -0.3 is 15.0 Å². The summed E-state index contributed by atoms with van der Waals surface area (Å²) in [6, 6.07) is -0.725. The molecule has 2 aliphatic rings. The topological polar surface area (TPSA) is 58.6 Å². The number of carbonyl (C=O) groups excluding carboxylic acids is 2. The Labute approximate surface area is 127 Å². The molecule has 21 heavy (non-hydrogen) atoms. The highest BCUT2D eigenvalue weighted by Crippen LogP contribution is 2.36. The van der Waals surface area contributed by atoms with Gasteiger partial charge >= 0.3 is 0 Å². The van der Waals surface area contributed by atoms with E-state index in [-0.39, 0.29) is 23.8 Å². The third-order valence-electron chi connectivity index (χ3n) is 4.26. The molecule has 1 aliphatic heterocycles. The average Bonchev–Trinajstić information content (AvgIpc) is 3.16. The number of amides is 2. The molecule has 1 aliphatic carbocycles. The molecule has 2 fully saturated rings. The third-order valence-corrected chi connectivity index (χ3v) is 4.26. The van der Waals surface area contributed by atoms with E-state index < -0.39 is 11.6 Å². The maximum Gasteiger partial charge on any atom is 0.246 e. The minimum absolute atomic E-state index is 0.0196. The fourth-order valence-corrected chi connectivity index (χ4v) is 3.19. The highest BCUT2D eigenvalue weighted by Gasteiger charge is 2.48. The molecule has 1 heterocycles. The Kier molecular flexibility index (Phi) is 4.61. The molecule has 2 atom stereocenters. The van der Waals surface area contributed by atoms with Gasteiger partial charge in [0.2, 0.25) is 11.8 Å². The number of piperazine rings is 1. The summed E-state index contributed by atoms with van der Waals surface area (Å²) in [6.45, 7) is 10.9. The number of rotatable bonds is 6. The molecule has 2 amide bonds. The molecule has 2 rings (SSSR count). The van der Waals surface area contributed by atoms with E-state index in [0.29, 0.717) is 19.1 Å². The van der Waals surface area contributed by atoms with Crippen LogP contribution in [-0.2, 0) is 14.3 Å². The van der Waals surface area contributed by atoms with Crippen LogP contribution in [0.2, 0.25) is 0 Å². The Bertz CT molecular complexity index is 416. The highest BCUT2D eigenvalue weighted by atomic mass is 16.5. The van der Waals surface area contributed by atoms with E-state index in [1.807, 2.05) is 34.6 Å². The monoisotopic (exact) mass is 296 g/mol. The molecular formula is C16H28N2O3. The lowest BCUT2D eigenvalue weighted by Gasteiger charge is -2.44. The number of hydrogen-bond acceptors (Lipinski definition) is 3. The van der Waals surface area contributed by atoms with Gasteiger partial charge in [-0.2, -0.15) is 0 Å². The number of hydrogen-bond donors (Lipinski definition) is 1. The molecule has 5 heteroatoms. The van der Waals surface area contributed by atoms with Gasteiger partial charge in [0, 0.05) is 6.61 Å². The largest absolute Gasteiger partial charge is 0.374 e.